The van der Waals surface area contributed by atoms with E-state index in [1.54, 1.807) is 0 Å². The predicted molar refractivity (Wildman–Crippen MR) is 89.0 cm³/mol. The Hall–Kier alpha value is -0.820. The van der Waals surface area contributed by atoms with E-state index in [1.165, 1.54) is 42.4 Å². The summed E-state index contributed by atoms with van der Waals surface area (Å²) < 4.78 is 0.847. The second-order valence-corrected chi connectivity index (χ2v) is 7.80. The maximum Gasteiger partial charge on any atom is 0.233 e. The number of carbonyl (C=O) groups excluding carboxylic acids is 1. The quantitative estimate of drug-likeness (QED) is 0.812. The molecule has 1 heterocycles. The number of nitrogens with one attached hydrogen (secondary N) is 1. The van der Waals surface area contributed by atoms with E-state index in [-0.39, 0.29) is 11.9 Å². The molecule has 0 spiro atoms. The Morgan fingerprint density at radius 2 is 2.10 bits per heavy atom. The lowest BCUT2D eigenvalue weighted by atomic mass is 9.93. The normalized spacial score (nSPS) is 16.2. The van der Waals surface area contributed by atoms with Gasteiger partial charge >= 0.3 is 0 Å². The summed E-state index contributed by atoms with van der Waals surface area (Å²) in [4.78, 5) is 14.7. The molecule has 7 heteroatoms. The average molecular weight is 329 g/mol. The van der Waals surface area contributed by atoms with Crippen molar-refractivity contribution >= 4 is 34.1 Å². The molecule has 1 aromatic heterocycles. The zero-order valence-corrected chi connectivity index (χ0v) is 14.6. The minimum absolute atomic E-state index is 0.225. The molecule has 5 nitrogen and oxygen atoms in total. The first-order valence-corrected chi connectivity index (χ1v) is 9.37. The van der Waals surface area contributed by atoms with Gasteiger partial charge in [0.15, 0.2) is 4.34 Å². The third-order valence-electron chi connectivity index (χ3n) is 3.75. The van der Waals surface area contributed by atoms with Gasteiger partial charge in [0.2, 0.25) is 11.0 Å². The third kappa shape index (κ3) is 4.57. The predicted octanol–water partition coefficient (Wildman–Crippen LogP) is 3.24. The Morgan fingerprint density at radius 3 is 2.67 bits per heavy atom. The van der Waals surface area contributed by atoms with Crippen molar-refractivity contribution in [3.05, 3.63) is 0 Å². The summed E-state index contributed by atoms with van der Waals surface area (Å²) in [6.45, 7) is 4.22. The van der Waals surface area contributed by atoms with Gasteiger partial charge in [0, 0.05) is 19.1 Å². The molecule has 1 amide bonds. The first-order valence-electron chi connectivity index (χ1n) is 7.57. The van der Waals surface area contributed by atoms with Crippen LogP contribution in [0.4, 0.5) is 5.13 Å². The lowest BCUT2D eigenvalue weighted by Gasteiger charge is -2.37. The monoisotopic (exact) mass is 328 g/mol. The fraction of sp³-hybridized carbons (Fsp3) is 0.786. The Balaban J connectivity index is 1.91. The van der Waals surface area contributed by atoms with Crippen molar-refractivity contribution in [3.8, 4) is 0 Å². The van der Waals surface area contributed by atoms with Crippen LogP contribution in [0.25, 0.3) is 0 Å². The van der Waals surface area contributed by atoms with Crippen LogP contribution in [0.5, 0.6) is 0 Å². The van der Waals surface area contributed by atoms with Crippen molar-refractivity contribution < 1.29 is 4.79 Å². The van der Waals surface area contributed by atoms with Crippen LogP contribution in [0.15, 0.2) is 4.34 Å². The number of aromatic nitrogens is 2. The van der Waals surface area contributed by atoms with Crippen LogP contribution in [0, 0.1) is 0 Å². The van der Waals surface area contributed by atoms with E-state index in [0.717, 1.165) is 22.3 Å². The highest BCUT2D eigenvalue weighted by molar-refractivity contribution is 8.01. The van der Waals surface area contributed by atoms with Gasteiger partial charge in [-0.05, 0) is 26.7 Å². The maximum absolute atomic E-state index is 12.6. The number of rotatable bonds is 6. The number of carbonyl (C=O) groups is 1. The van der Waals surface area contributed by atoms with Gasteiger partial charge in [-0.1, -0.05) is 42.4 Å². The summed E-state index contributed by atoms with van der Waals surface area (Å²) in [6, 6.07) is 0.692. The highest BCUT2D eigenvalue weighted by Crippen LogP contribution is 2.28. The molecule has 21 heavy (non-hydrogen) atoms. The van der Waals surface area contributed by atoms with Gasteiger partial charge in [-0.25, -0.2) is 0 Å². The van der Waals surface area contributed by atoms with Crippen LogP contribution in [0.1, 0.15) is 46.0 Å². The van der Waals surface area contributed by atoms with Gasteiger partial charge in [0.05, 0.1) is 5.75 Å². The second kappa shape index (κ2) is 7.98. The van der Waals surface area contributed by atoms with Crippen LogP contribution in [0.2, 0.25) is 0 Å². The highest BCUT2D eigenvalue weighted by Gasteiger charge is 2.27. The molecular weight excluding hydrogens is 304 g/mol. The van der Waals surface area contributed by atoms with Gasteiger partial charge in [-0.3, -0.25) is 4.79 Å². The Labute approximate surface area is 134 Å². The van der Waals surface area contributed by atoms with Crippen LogP contribution in [0.3, 0.4) is 0 Å². The molecule has 0 atom stereocenters. The van der Waals surface area contributed by atoms with Gasteiger partial charge in [0.1, 0.15) is 0 Å². The molecule has 118 valence electrons. The van der Waals surface area contributed by atoms with E-state index >= 15 is 0 Å². The molecule has 1 saturated carbocycles. The molecular formula is C14H24N4OS2. The Morgan fingerprint density at radius 1 is 1.38 bits per heavy atom. The van der Waals surface area contributed by atoms with E-state index in [9.17, 15) is 4.79 Å². The number of hydrogen-bond donors (Lipinski definition) is 1. The summed E-state index contributed by atoms with van der Waals surface area (Å²) in [5, 5.41) is 11.8. The van der Waals surface area contributed by atoms with E-state index in [0.29, 0.717) is 11.8 Å². The Bertz CT molecular complexity index is 458. The Kier molecular flexibility index (Phi) is 6.29. The second-order valence-electron chi connectivity index (χ2n) is 5.60. The van der Waals surface area contributed by atoms with Crippen molar-refractivity contribution in [2.24, 2.45) is 0 Å². The molecule has 0 bridgehead atoms. The molecule has 1 aromatic rings. The summed E-state index contributed by atoms with van der Waals surface area (Å²) in [5.41, 5.74) is 0. The molecule has 0 unspecified atom stereocenters. The topological polar surface area (TPSA) is 58.1 Å². The van der Waals surface area contributed by atoms with E-state index in [2.05, 4.69) is 34.3 Å². The van der Waals surface area contributed by atoms with E-state index in [4.69, 9.17) is 0 Å². The number of nitrogens with zero attached hydrogens (tertiary/aromatic N) is 3. The van der Waals surface area contributed by atoms with Crippen molar-refractivity contribution in [3.63, 3.8) is 0 Å². The smallest absolute Gasteiger partial charge is 0.233 e. The molecule has 2 rings (SSSR count). The minimum atomic E-state index is 0.225. The van der Waals surface area contributed by atoms with Crippen molar-refractivity contribution in [1.82, 2.24) is 15.1 Å². The van der Waals surface area contributed by atoms with Gasteiger partial charge in [-0.2, -0.15) is 0 Å². The van der Waals surface area contributed by atoms with Gasteiger partial charge < -0.3 is 10.2 Å². The first kappa shape index (κ1) is 16.5. The summed E-state index contributed by atoms with van der Waals surface area (Å²) in [6.07, 6.45) is 6.10. The first-order chi connectivity index (χ1) is 10.1. The third-order valence-corrected chi connectivity index (χ3v) is 5.81. The summed E-state index contributed by atoms with van der Waals surface area (Å²) in [5.74, 6) is 0.677. The molecule has 1 aliphatic carbocycles. The van der Waals surface area contributed by atoms with Gasteiger partial charge in [-0.15, -0.1) is 10.2 Å². The number of hydrogen-bond acceptors (Lipinski definition) is 6. The van der Waals surface area contributed by atoms with Crippen LogP contribution < -0.4 is 5.32 Å². The van der Waals surface area contributed by atoms with Crippen LogP contribution >= 0.6 is 23.1 Å². The fourth-order valence-electron chi connectivity index (χ4n) is 2.84. The maximum atomic E-state index is 12.6. The van der Waals surface area contributed by atoms with Crippen LogP contribution in [-0.2, 0) is 4.79 Å². The molecule has 0 saturated heterocycles. The standard InChI is InChI=1S/C14H24N4OS2/c1-10(2)18(11-7-5-4-6-8-11)12(19)9-20-14-17-16-13(15-3)21-14/h10-11H,4-9H2,1-3H3,(H,15,16). The molecule has 1 aliphatic rings. The van der Waals surface area contributed by atoms with Gasteiger partial charge in [0.25, 0.3) is 0 Å². The fourth-order valence-corrected chi connectivity index (χ4v) is 4.41. The molecule has 1 N–H and O–H groups in total. The van der Waals surface area contributed by atoms with Crippen molar-refractivity contribution in [1.29, 1.82) is 0 Å². The molecule has 0 aliphatic heterocycles. The average Bonchev–Trinajstić information content (AvgIpc) is 2.94. The minimum Gasteiger partial charge on any atom is -0.363 e. The lowest BCUT2D eigenvalue weighted by molar-refractivity contribution is -0.133. The van der Waals surface area contributed by atoms with Crippen molar-refractivity contribution in [2.75, 3.05) is 18.1 Å². The summed E-state index contributed by atoms with van der Waals surface area (Å²) >= 11 is 2.98. The zero-order chi connectivity index (χ0) is 15.2. The largest absolute Gasteiger partial charge is 0.363 e. The SMILES string of the molecule is CNc1nnc(SCC(=O)N(C(C)C)C2CCCCC2)s1. The molecule has 1 fully saturated rings. The molecule has 0 radical (unpaired) electrons. The zero-order valence-electron chi connectivity index (χ0n) is 13.0. The highest BCUT2D eigenvalue weighted by atomic mass is 32.2. The summed E-state index contributed by atoms with van der Waals surface area (Å²) in [7, 11) is 1.82. The number of thioether (sulfide) groups is 1. The number of anilines is 1. The number of amides is 1. The van der Waals surface area contributed by atoms with E-state index < -0.39 is 0 Å². The van der Waals surface area contributed by atoms with Crippen LogP contribution in [-0.4, -0.2) is 45.9 Å². The lowest BCUT2D eigenvalue weighted by Crippen LogP contribution is -2.46. The van der Waals surface area contributed by atoms with E-state index in [1.807, 2.05) is 7.05 Å². The van der Waals surface area contributed by atoms with Crippen molar-refractivity contribution in [2.45, 2.75) is 62.4 Å². The molecule has 0 aromatic carbocycles.